The molecule has 0 atom stereocenters. The van der Waals surface area contributed by atoms with Crippen molar-refractivity contribution in [2.45, 2.75) is 40.2 Å². The lowest BCUT2D eigenvalue weighted by atomic mass is 10.2. The summed E-state index contributed by atoms with van der Waals surface area (Å²) in [5.41, 5.74) is 0. The van der Waals surface area contributed by atoms with E-state index in [0.29, 0.717) is 5.92 Å². The van der Waals surface area contributed by atoms with E-state index < -0.39 is 0 Å². The van der Waals surface area contributed by atoms with Gasteiger partial charge in [0.15, 0.2) is 0 Å². The summed E-state index contributed by atoms with van der Waals surface area (Å²) in [6, 6.07) is 0. The maximum Gasteiger partial charge on any atom is 0.202 e. The van der Waals surface area contributed by atoms with E-state index in [0.717, 1.165) is 38.7 Å². The molecular formula is C13H25N3O. The molecule has 0 amide bonds. The van der Waals surface area contributed by atoms with Crippen molar-refractivity contribution in [3.8, 4) is 0 Å². The van der Waals surface area contributed by atoms with Crippen molar-refractivity contribution in [1.29, 1.82) is 0 Å². The molecule has 0 bridgehead atoms. The molecule has 0 fully saturated rings. The van der Waals surface area contributed by atoms with Crippen molar-refractivity contribution in [2.24, 2.45) is 5.92 Å². The summed E-state index contributed by atoms with van der Waals surface area (Å²) in [7, 11) is 0. The lowest BCUT2D eigenvalue weighted by Crippen LogP contribution is -2.15. The van der Waals surface area contributed by atoms with Crippen LogP contribution >= 0.6 is 0 Å². The molecule has 0 aliphatic rings. The number of rotatable bonds is 9. The van der Waals surface area contributed by atoms with E-state index in [4.69, 9.17) is 4.74 Å². The van der Waals surface area contributed by atoms with E-state index in [1.165, 1.54) is 6.42 Å². The Morgan fingerprint density at radius 1 is 1.41 bits per heavy atom. The molecule has 98 valence electrons. The van der Waals surface area contributed by atoms with Gasteiger partial charge >= 0.3 is 0 Å². The maximum absolute atomic E-state index is 5.49. The number of ether oxygens (including phenoxy) is 1. The van der Waals surface area contributed by atoms with Gasteiger partial charge in [0.25, 0.3) is 0 Å². The number of imidazole rings is 1. The Bertz CT molecular complexity index is 297. The molecule has 1 aromatic rings. The van der Waals surface area contributed by atoms with Gasteiger partial charge in [-0.3, -0.25) is 0 Å². The van der Waals surface area contributed by atoms with E-state index in [-0.39, 0.29) is 0 Å². The quantitative estimate of drug-likeness (QED) is 0.673. The van der Waals surface area contributed by atoms with Crippen molar-refractivity contribution in [1.82, 2.24) is 9.55 Å². The third-order valence-electron chi connectivity index (χ3n) is 2.45. The van der Waals surface area contributed by atoms with Crippen LogP contribution in [0.4, 0.5) is 5.95 Å². The molecular weight excluding hydrogens is 214 g/mol. The molecule has 0 saturated heterocycles. The highest BCUT2D eigenvalue weighted by molar-refractivity contribution is 5.25. The fraction of sp³-hybridized carbons (Fsp3) is 0.769. The van der Waals surface area contributed by atoms with Crippen LogP contribution in [0.1, 0.15) is 33.6 Å². The molecule has 1 rings (SSSR count). The van der Waals surface area contributed by atoms with Crippen LogP contribution in [0.5, 0.6) is 0 Å². The normalized spacial score (nSPS) is 11.1. The zero-order chi connectivity index (χ0) is 12.5. The Hall–Kier alpha value is -1.03. The van der Waals surface area contributed by atoms with Gasteiger partial charge in [-0.1, -0.05) is 27.2 Å². The minimum absolute atomic E-state index is 0.630. The van der Waals surface area contributed by atoms with Crippen LogP contribution in [0.15, 0.2) is 12.4 Å². The second-order valence-electron chi connectivity index (χ2n) is 4.69. The summed E-state index contributed by atoms with van der Waals surface area (Å²) in [6.45, 7) is 10.0. The Balaban J connectivity index is 2.20. The predicted molar refractivity (Wildman–Crippen MR) is 71.3 cm³/mol. The fourth-order valence-corrected chi connectivity index (χ4v) is 1.60. The summed E-state index contributed by atoms with van der Waals surface area (Å²) < 4.78 is 7.64. The highest BCUT2D eigenvalue weighted by atomic mass is 16.5. The molecule has 0 spiro atoms. The molecule has 0 saturated carbocycles. The molecule has 4 heteroatoms. The molecule has 0 aromatic carbocycles. The van der Waals surface area contributed by atoms with E-state index in [2.05, 4.69) is 35.6 Å². The summed E-state index contributed by atoms with van der Waals surface area (Å²) in [6.07, 6.45) is 6.18. The van der Waals surface area contributed by atoms with Crippen LogP contribution in [0.2, 0.25) is 0 Å². The van der Waals surface area contributed by atoms with Gasteiger partial charge in [-0.25, -0.2) is 4.98 Å². The van der Waals surface area contributed by atoms with Gasteiger partial charge in [-0.2, -0.15) is 0 Å². The second-order valence-corrected chi connectivity index (χ2v) is 4.69. The number of nitrogens with zero attached hydrogens (tertiary/aromatic N) is 2. The van der Waals surface area contributed by atoms with Gasteiger partial charge in [-0.05, 0) is 12.3 Å². The van der Waals surface area contributed by atoms with Gasteiger partial charge in [0.05, 0.1) is 6.61 Å². The molecule has 0 aliphatic carbocycles. The van der Waals surface area contributed by atoms with Crippen LogP contribution in [-0.4, -0.2) is 29.3 Å². The first-order chi connectivity index (χ1) is 8.24. The predicted octanol–water partition coefficient (Wildman–Crippen LogP) is 2.77. The average Bonchev–Trinajstić information content (AvgIpc) is 2.70. The monoisotopic (exact) mass is 239 g/mol. The third kappa shape index (κ3) is 5.73. The zero-order valence-electron chi connectivity index (χ0n) is 11.3. The molecule has 0 aliphatic heterocycles. The molecule has 4 nitrogen and oxygen atoms in total. The van der Waals surface area contributed by atoms with Crippen LogP contribution in [0.25, 0.3) is 0 Å². The largest absolute Gasteiger partial charge is 0.380 e. The van der Waals surface area contributed by atoms with E-state index in [1.807, 2.05) is 12.4 Å². The van der Waals surface area contributed by atoms with E-state index in [1.54, 1.807) is 0 Å². The number of unbranched alkanes of at least 4 members (excludes halogenated alkanes) is 1. The topological polar surface area (TPSA) is 39.1 Å². The zero-order valence-corrected chi connectivity index (χ0v) is 11.3. The molecule has 1 N–H and O–H groups in total. The highest BCUT2D eigenvalue weighted by Crippen LogP contribution is 2.07. The van der Waals surface area contributed by atoms with Gasteiger partial charge < -0.3 is 14.6 Å². The van der Waals surface area contributed by atoms with Gasteiger partial charge in [0.2, 0.25) is 5.95 Å². The average molecular weight is 239 g/mol. The molecule has 0 unspecified atom stereocenters. The summed E-state index contributed by atoms with van der Waals surface area (Å²) in [5.74, 6) is 1.57. The van der Waals surface area contributed by atoms with Gasteiger partial charge in [0, 0.05) is 32.1 Å². The Morgan fingerprint density at radius 3 is 2.94 bits per heavy atom. The Labute approximate surface area is 104 Å². The molecule has 1 aromatic heterocycles. The van der Waals surface area contributed by atoms with Crippen LogP contribution in [-0.2, 0) is 11.3 Å². The Kier molecular flexibility index (Phi) is 6.70. The number of anilines is 1. The van der Waals surface area contributed by atoms with Crippen molar-refractivity contribution in [3.63, 3.8) is 0 Å². The van der Waals surface area contributed by atoms with Gasteiger partial charge in [-0.15, -0.1) is 0 Å². The molecule has 1 heterocycles. The van der Waals surface area contributed by atoms with Crippen LogP contribution in [0, 0.1) is 5.92 Å². The fourth-order valence-electron chi connectivity index (χ4n) is 1.60. The van der Waals surface area contributed by atoms with Crippen molar-refractivity contribution in [2.75, 3.05) is 25.1 Å². The summed E-state index contributed by atoms with van der Waals surface area (Å²) in [4.78, 5) is 4.30. The van der Waals surface area contributed by atoms with E-state index >= 15 is 0 Å². The number of aromatic nitrogens is 2. The SMILES string of the molecule is CCCCOCCNc1nccn1CC(C)C. The lowest BCUT2D eigenvalue weighted by molar-refractivity contribution is 0.141. The minimum Gasteiger partial charge on any atom is -0.380 e. The standard InChI is InChI=1S/C13H25N3O/c1-4-5-9-17-10-7-15-13-14-6-8-16(13)11-12(2)3/h6,8,12H,4-5,7,9-11H2,1-3H3,(H,14,15). The van der Waals surface area contributed by atoms with Crippen molar-refractivity contribution >= 4 is 5.95 Å². The summed E-state index contributed by atoms with van der Waals surface area (Å²) in [5, 5.41) is 3.30. The maximum atomic E-state index is 5.49. The van der Waals surface area contributed by atoms with Crippen molar-refractivity contribution in [3.05, 3.63) is 12.4 Å². The first-order valence-electron chi connectivity index (χ1n) is 6.56. The second kappa shape index (κ2) is 8.12. The smallest absolute Gasteiger partial charge is 0.202 e. The number of hydrogen-bond donors (Lipinski definition) is 1. The first-order valence-corrected chi connectivity index (χ1v) is 6.56. The number of nitrogens with one attached hydrogen (secondary N) is 1. The highest BCUT2D eigenvalue weighted by Gasteiger charge is 2.03. The summed E-state index contributed by atoms with van der Waals surface area (Å²) >= 11 is 0. The van der Waals surface area contributed by atoms with Crippen molar-refractivity contribution < 1.29 is 4.74 Å². The van der Waals surface area contributed by atoms with Gasteiger partial charge in [0.1, 0.15) is 0 Å². The first kappa shape index (κ1) is 14.0. The van der Waals surface area contributed by atoms with Crippen LogP contribution < -0.4 is 5.32 Å². The minimum atomic E-state index is 0.630. The lowest BCUT2D eigenvalue weighted by Gasteiger charge is -2.11. The molecule has 0 radical (unpaired) electrons. The van der Waals surface area contributed by atoms with E-state index in [9.17, 15) is 0 Å². The van der Waals surface area contributed by atoms with Crippen LogP contribution in [0.3, 0.4) is 0 Å². The Morgan fingerprint density at radius 2 is 2.24 bits per heavy atom. The molecule has 17 heavy (non-hydrogen) atoms. The number of hydrogen-bond acceptors (Lipinski definition) is 3. The third-order valence-corrected chi connectivity index (χ3v) is 2.45.